The summed E-state index contributed by atoms with van der Waals surface area (Å²) >= 11 is 6.09. The molecule has 3 aromatic rings. The molecule has 4 rings (SSSR count). The molecule has 1 aromatic heterocycles. The van der Waals surface area contributed by atoms with Crippen molar-refractivity contribution in [3.8, 4) is 5.75 Å². The summed E-state index contributed by atoms with van der Waals surface area (Å²) in [4.78, 5) is 18.6. The smallest absolute Gasteiger partial charge is 0.255 e. The van der Waals surface area contributed by atoms with Gasteiger partial charge in [0.15, 0.2) is 0 Å². The minimum Gasteiger partial charge on any atom is -0.485 e. The highest BCUT2D eigenvalue weighted by atomic mass is 35.5. The number of amides is 1. The monoisotopic (exact) mass is 338 g/mol. The molecule has 120 valence electrons. The van der Waals surface area contributed by atoms with Gasteiger partial charge in [0.25, 0.3) is 5.91 Å². The van der Waals surface area contributed by atoms with E-state index in [0.717, 1.165) is 10.9 Å². The molecule has 0 aliphatic carbocycles. The quantitative estimate of drug-likeness (QED) is 0.729. The van der Waals surface area contributed by atoms with Crippen LogP contribution in [-0.4, -0.2) is 35.0 Å². The van der Waals surface area contributed by atoms with Gasteiger partial charge in [-0.15, -0.1) is 0 Å². The first kappa shape index (κ1) is 15.0. The van der Waals surface area contributed by atoms with Crippen LogP contribution < -0.4 is 4.74 Å². The molecule has 1 amide bonds. The van der Waals surface area contributed by atoms with Gasteiger partial charge in [0.2, 0.25) is 0 Å². The first-order chi connectivity index (χ1) is 11.7. The van der Waals surface area contributed by atoms with E-state index >= 15 is 0 Å². The van der Waals surface area contributed by atoms with Crippen LogP contribution in [0.1, 0.15) is 10.4 Å². The summed E-state index contributed by atoms with van der Waals surface area (Å²) in [5.41, 5.74) is 1.49. The number of para-hydroxylation sites is 2. The van der Waals surface area contributed by atoms with Gasteiger partial charge in [0.05, 0.1) is 29.2 Å². The molecule has 0 atom stereocenters. The molecular formula is C19H15ClN2O2. The van der Waals surface area contributed by atoms with Crippen molar-refractivity contribution in [2.45, 2.75) is 6.10 Å². The molecule has 1 fully saturated rings. The van der Waals surface area contributed by atoms with Crippen molar-refractivity contribution < 1.29 is 9.53 Å². The van der Waals surface area contributed by atoms with E-state index in [1.54, 1.807) is 17.2 Å². The van der Waals surface area contributed by atoms with Crippen LogP contribution in [-0.2, 0) is 0 Å². The van der Waals surface area contributed by atoms with E-state index < -0.39 is 0 Å². The Morgan fingerprint density at radius 3 is 2.71 bits per heavy atom. The molecule has 2 heterocycles. The molecule has 24 heavy (non-hydrogen) atoms. The number of likely N-dealkylation sites (tertiary alicyclic amines) is 1. The lowest BCUT2D eigenvalue weighted by molar-refractivity contribution is 0.0178. The summed E-state index contributed by atoms with van der Waals surface area (Å²) in [6, 6.07) is 17.0. The van der Waals surface area contributed by atoms with Crippen LogP contribution in [0.5, 0.6) is 5.75 Å². The van der Waals surface area contributed by atoms with Crippen molar-refractivity contribution in [3.05, 3.63) is 71.4 Å². The number of ether oxygens (including phenoxy) is 1. The lowest BCUT2D eigenvalue weighted by Gasteiger charge is -2.39. The normalized spacial score (nSPS) is 14.5. The number of nitrogens with zero attached hydrogens (tertiary/aromatic N) is 2. The minimum absolute atomic E-state index is 0.0211. The van der Waals surface area contributed by atoms with Crippen molar-refractivity contribution in [2.24, 2.45) is 0 Å². The van der Waals surface area contributed by atoms with Gasteiger partial charge < -0.3 is 9.64 Å². The molecule has 0 radical (unpaired) electrons. The van der Waals surface area contributed by atoms with Crippen LogP contribution in [0.4, 0.5) is 0 Å². The summed E-state index contributed by atoms with van der Waals surface area (Å²) in [5, 5.41) is 1.55. The number of halogens is 1. The maximum absolute atomic E-state index is 12.5. The molecule has 2 aromatic carbocycles. The van der Waals surface area contributed by atoms with Crippen LogP contribution in [0.3, 0.4) is 0 Å². The van der Waals surface area contributed by atoms with E-state index in [-0.39, 0.29) is 12.0 Å². The van der Waals surface area contributed by atoms with Crippen LogP contribution in [0.2, 0.25) is 5.02 Å². The Kier molecular flexibility index (Phi) is 3.82. The molecular weight excluding hydrogens is 324 g/mol. The van der Waals surface area contributed by atoms with Gasteiger partial charge in [0.1, 0.15) is 11.9 Å². The highest BCUT2D eigenvalue weighted by Crippen LogP contribution is 2.27. The number of carbonyl (C=O) groups is 1. The van der Waals surface area contributed by atoms with Crippen LogP contribution in [0.25, 0.3) is 10.9 Å². The molecule has 1 saturated heterocycles. The van der Waals surface area contributed by atoms with E-state index in [9.17, 15) is 4.79 Å². The first-order valence-corrected chi connectivity index (χ1v) is 8.14. The van der Waals surface area contributed by atoms with E-state index in [1.807, 2.05) is 48.5 Å². The predicted molar refractivity (Wildman–Crippen MR) is 93.5 cm³/mol. The minimum atomic E-state index is -0.0257. The molecule has 1 aliphatic heterocycles. The van der Waals surface area contributed by atoms with Gasteiger partial charge in [0, 0.05) is 11.6 Å². The Morgan fingerprint density at radius 2 is 1.88 bits per heavy atom. The summed E-state index contributed by atoms with van der Waals surface area (Å²) in [5.74, 6) is 0.635. The maximum atomic E-state index is 12.5. The zero-order chi connectivity index (χ0) is 16.5. The van der Waals surface area contributed by atoms with Gasteiger partial charge in [-0.25, -0.2) is 0 Å². The molecule has 1 aliphatic rings. The number of rotatable bonds is 3. The second-order valence-electron chi connectivity index (χ2n) is 5.80. The summed E-state index contributed by atoms with van der Waals surface area (Å²) in [6.45, 7) is 1.10. The Bertz CT molecular complexity index is 907. The lowest BCUT2D eigenvalue weighted by atomic mass is 10.1. The zero-order valence-electron chi connectivity index (χ0n) is 12.9. The summed E-state index contributed by atoms with van der Waals surface area (Å²) < 4.78 is 5.83. The molecule has 0 N–H and O–H groups in total. The number of carbonyl (C=O) groups excluding carboxylic acids is 1. The molecule has 5 heteroatoms. The molecule has 0 spiro atoms. The largest absolute Gasteiger partial charge is 0.485 e. The third-order valence-corrected chi connectivity index (χ3v) is 4.42. The number of benzene rings is 2. The fraction of sp³-hybridized carbons (Fsp3) is 0.158. The van der Waals surface area contributed by atoms with Crippen molar-refractivity contribution in [2.75, 3.05) is 13.1 Å². The lowest BCUT2D eigenvalue weighted by Crippen LogP contribution is -2.56. The van der Waals surface area contributed by atoms with Gasteiger partial charge in [-0.2, -0.15) is 0 Å². The van der Waals surface area contributed by atoms with Gasteiger partial charge in [-0.1, -0.05) is 41.9 Å². The fourth-order valence-electron chi connectivity index (χ4n) is 2.77. The van der Waals surface area contributed by atoms with E-state index in [4.69, 9.17) is 16.3 Å². The second-order valence-corrected chi connectivity index (χ2v) is 6.20. The van der Waals surface area contributed by atoms with E-state index in [2.05, 4.69) is 4.98 Å². The summed E-state index contributed by atoms with van der Waals surface area (Å²) in [7, 11) is 0. The Labute approximate surface area is 144 Å². The predicted octanol–water partition coefficient (Wildman–Crippen LogP) is 3.79. The Hall–Kier alpha value is -2.59. The summed E-state index contributed by atoms with van der Waals surface area (Å²) in [6.07, 6.45) is 1.61. The SMILES string of the molecule is O=C(c1cnc2ccccc2c1)N1CC(Oc2ccccc2Cl)C1. The van der Waals surface area contributed by atoms with Crippen molar-refractivity contribution >= 4 is 28.4 Å². The molecule has 0 unspecified atom stereocenters. The number of fused-ring (bicyclic) bond motifs is 1. The fourth-order valence-corrected chi connectivity index (χ4v) is 2.95. The average Bonchev–Trinajstić information content (AvgIpc) is 2.58. The van der Waals surface area contributed by atoms with Gasteiger partial charge in [-0.3, -0.25) is 9.78 Å². The average molecular weight is 339 g/mol. The number of hydrogen-bond donors (Lipinski definition) is 0. The van der Waals surface area contributed by atoms with Crippen molar-refractivity contribution in [3.63, 3.8) is 0 Å². The third kappa shape index (κ3) is 2.81. The van der Waals surface area contributed by atoms with Crippen LogP contribution in [0, 0.1) is 0 Å². The second kappa shape index (κ2) is 6.13. The molecule has 0 saturated carbocycles. The Morgan fingerprint density at radius 1 is 1.12 bits per heavy atom. The number of aromatic nitrogens is 1. The zero-order valence-corrected chi connectivity index (χ0v) is 13.6. The topological polar surface area (TPSA) is 42.4 Å². The standard InChI is InChI=1S/C19H15ClN2O2/c20-16-6-2-4-8-18(16)24-15-11-22(12-15)19(23)14-9-13-5-1-3-7-17(13)21-10-14/h1-10,15H,11-12H2. The van der Waals surface area contributed by atoms with Crippen LogP contribution in [0.15, 0.2) is 60.8 Å². The van der Waals surface area contributed by atoms with Crippen LogP contribution >= 0.6 is 11.6 Å². The highest BCUT2D eigenvalue weighted by molar-refractivity contribution is 6.32. The maximum Gasteiger partial charge on any atom is 0.255 e. The number of pyridine rings is 1. The van der Waals surface area contributed by atoms with Crippen molar-refractivity contribution in [1.29, 1.82) is 0 Å². The van der Waals surface area contributed by atoms with E-state index in [1.165, 1.54) is 0 Å². The van der Waals surface area contributed by atoms with Gasteiger partial charge in [-0.05, 0) is 24.3 Å². The molecule has 4 nitrogen and oxygen atoms in total. The first-order valence-electron chi connectivity index (χ1n) is 7.76. The third-order valence-electron chi connectivity index (χ3n) is 4.10. The van der Waals surface area contributed by atoms with E-state index in [0.29, 0.717) is 29.4 Å². The van der Waals surface area contributed by atoms with Crippen molar-refractivity contribution in [1.82, 2.24) is 9.88 Å². The molecule has 0 bridgehead atoms. The Balaban J connectivity index is 1.42. The van der Waals surface area contributed by atoms with Gasteiger partial charge >= 0.3 is 0 Å². The number of hydrogen-bond acceptors (Lipinski definition) is 3. The highest BCUT2D eigenvalue weighted by Gasteiger charge is 2.33.